The minimum Gasteiger partial charge on any atom is -0.482 e. The van der Waals surface area contributed by atoms with E-state index in [0.717, 1.165) is 21.6 Å². The van der Waals surface area contributed by atoms with Gasteiger partial charge in [-0.25, -0.2) is 9.18 Å². The third-order valence-corrected chi connectivity index (χ3v) is 5.53. The Hall–Kier alpha value is -3.19. The largest absolute Gasteiger partial charge is 0.482 e. The van der Waals surface area contributed by atoms with E-state index in [4.69, 9.17) is 9.84 Å². The van der Waals surface area contributed by atoms with Crippen molar-refractivity contribution in [3.63, 3.8) is 0 Å². The number of carbonyl (C=O) groups is 1. The molecule has 0 aromatic heterocycles. The molecular weight excluding hydrogens is 437 g/mol. The predicted molar refractivity (Wildman–Crippen MR) is 120 cm³/mol. The molecule has 32 heavy (non-hydrogen) atoms. The van der Waals surface area contributed by atoms with E-state index >= 15 is 0 Å². The summed E-state index contributed by atoms with van der Waals surface area (Å²) in [5.74, 6) is -3.45. The van der Waals surface area contributed by atoms with Crippen molar-refractivity contribution in [1.29, 1.82) is 0 Å². The van der Waals surface area contributed by atoms with Crippen LogP contribution in [0.2, 0.25) is 0 Å². The highest BCUT2D eigenvalue weighted by atomic mass is 32.2. The summed E-state index contributed by atoms with van der Waals surface area (Å²) in [5.41, 5.74) is 2.23. The second kappa shape index (κ2) is 10.9. The van der Waals surface area contributed by atoms with E-state index in [9.17, 15) is 18.0 Å². The van der Waals surface area contributed by atoms with Gasteiger partial charge in [-0.05, 0) is 41.0 Å². The van der Waals surface area contributed by atoms with Crippen LogP contribution in [0.1, 0.15) is 16.7 Å². The Labute approximate surface area is 188 Å². The molecule has 3 nitrogen and oxygen atoms in total. The molecule has 7 heteroatoms. The number of thioether (sulfide) groups is 1. The summed E-state index contributed by atoms with van der Waals surface area (Å²) < 4.78 is 45.0. The number of halogens is 3. The number of hydrogen-bond acceptors (Lipinski definition) is 3. The molecule has 0 atom stereocenters. The molecule has 0 radical (unpaired) electrons. The first kappa shape index (κ1) is 23.5. The van der Waals surface area contributed by atoms with Crippen molar-refractivity contribution in [2.24, 2.45) is 0 Å². The highest BCUT2D eigenvalue weighted by Gasteiger charge is 2.31. The molecule has 0 aliphatic carbocycles. The first-order chi connectivity index (χ1) is 15.4. The minimum absolute atomic E-state index is 0.351. The number of rotatable bonds is 10. The van der Waals surface area contributed by atoms with Gasteiger partial charge in [-0.2, -0.15) is 8.78 Å². The third-order valence-electron chi connectivity index (χ3n) is 4.59. The fourth-order valence-electron chi connectivity index (χ4n) is 2.99. The summed E-state index contributed by atoms with van der Waals surface area (Å²) in [5, 5.41) is 8.66. The van der Waals surface area contributed by atoms with E-state index in [1.54, 1.807) is 36.0 Å². The molecule has 0 saturated heterocycles. The zero-order valence-corrected chi connectivity index (χ0v) is 17.8. The molecule has 0 aliphatic heterocycles. The monoisotopic (exact) mass is 458 g/mol. The van der Waals surface area contributed by atoms with Gasteiger partial charge in [-0.1, -0.05) is 60.7 Å². The van der Waals surface area contributed by atoms with Crippen LogP contribution in [0.3, 0.4) is 0 Å². The minimum atomic E-state index is -3.49. The van der Waals surface area contributed by atoms with Crippen LogP contribution in [-0.4, -0.2) is 30.1 Å². The average Bonchev–Trinajstić information content (AvgIpc) is 2.82. The number of benzene rings is 3. The number of carboxylic acid groups (broad SMARTS) is 1. The molecule has 0 amide bonds. The Kier molecular flexibility index (Phi) is 8.00. The van der Waals surface area contributed by atoms with Crippen molar-refractivity contribution in [1.82, 2.24) is 0 Å². The Morgan fingerprint density at radius 2 is 1.56 bits per heavy atom. The van der Waals surface area contributed by atoms with Gasteiger partial charge in [-0.3, -0.25) is 0 Å². The van der Waals surface area contributed by atoms with Crippen LogP contribution in [0.4, 0.5) is 13.2 Å². The van der Waals surface area contributed by atoms with E-state index in [2.05, 4.69) is 0 Å². The zero-order chi connectivity index (χ0) is 23.0. The van der Waals surface area contributed by atoms with E-state index in [1.165, 1.54) is 12.1 Å². The summed E-state index contributed by atoms with van der Waals surface area (Å²) >= 11 is 1.56. The lowest BCUT2D eigenvalue weighted by Crippen LogP contribution is -2.15. The highest BCUT2D eigenvalue weighted by Crippen LogP contribution is 2.31. The number of aliphatic carboxylic acids is 1. The SMILES string of the molecule is O=C(O)COc1ccc(SC/C=C(/c2ccccc2)c2ccc(C(F)(F)CF)cc2)cc1. The maximum atomic E-state index is 13.6. The molecule has 3 aromatic rings. The van der Waals surface area contributed by atoms with Gasteiger partial charge in [-0.15, -0.1) is 11.8 Å². The van der Waals surface area contributed by atoms with Crippen LogP contribution in [0.5, 0.6) is 5.75 Å². The summed E-state index contributed by atoms with van der Waals surface area (Å²) in [6, 6.07) is 22.3. The van der Waals surface area contributed by atoms with E-state index in [1.807, 2.05) is 48.5 Å². The van der Waals surface area contributed by atoms with Crippen molar-refractivity contribution < 1.29 is 27.8 Å². The molecule has 0 spiro atoms. The van der Waals surface area contributed by atoms with Crippen LogP contribution >= 0.6 is 11.8 Å². The lowest BCUT2D eigenvalue weighted by molar-refractivity contribution is -0.139. The Morgan fingerprint density at radius 1 is 0.938 bits per heavy atom. The van der Waals surface area contributed by atoms with Gasteiger partial charge in [0.25, 0.3) is 0 Å². The van der Waals surface area contributed by atoms with Crippen LogP contribution < -0.4 is 4.74 Å². The summed E-state index contributed by atoms with van der Waals surface area (Å²) in [6.07, 6.45) is 2.01. The molecule has 0 aliphatic rings. The topological polar surface area (TPSA) is 46.5 Å². The molecule has 0 fully saturated rings. The van der Waals surface area contributed by atoms with Gasteiger partial charge in [0.05, 0.1) is 0 Å². The molecule has 0 bridgehead atoms. The van der Waals surface area contributed by atoms with Crippen LogP contribution in [0.15, 0.2) is 89.8 Å². The molecule has 0 saturated carbocycles. The molecule has 166 valence electrons. The van der Waals surface area contributed by atoms with Crippen molar-refractivity contribution in [2.45, 2.75) is 10.8 Å². The smallest absolute Gasteiger partial charge is 0.341 e. The molecule has 3 aromatic carbocycles. The maximum Gasteiger partial charge on any atom is 0.341 e. The Balaban J connectivity index is 1.76. The number of carboxylic acids is 1. The van der Waals surface area contributed by atoms with Gasteiger partial charge in [0.15, 0.2) is 13.3 Å². The van der Waals surface area contributed by atoms with Crippen LogP contribution in [-0.2, 0) is 10.7 Å². The second-order valence-electron chi connectivity index (χ2n) is 6.86. The highest BCUT2D eigenvalue weighted by molar-refractivity contribution is 7.99. The number of hydrogen-bond donors (Lipinski definition) is 1. The van der Waals surface area contributed by atoms with E-state index < -0.39 is 25.2 Å². The average molecular weight is 459 g/mol. The second-order valence-corrected chi connectivity index (χ2v) is 7.96. The first-order valence-electron chi connectivity index (χ1n) is 9.77. The van der Waals surface area contributed by atoms with Crippen molar-refractivity contribution in [3.05, 3.63) is 102 Å². The molecule has 0 heterocycles. The van der Waals surface area contributed by atoms with Gasteiger partial charge in [0.2, 0.25) is 0 Å². The van der Waals surface area contributed by atoms with Crippen molar-refractivity contribution >= 4 is 23.3 Å². The summed E-state index contributed by atoms with van der Waals surface area (Å²) in [4.78, 5) is 11.5. The first-order valence-corrected chi connectivity index (χ1v) is 10.8. The quantitative estimate of drug-likeness (QED) is 0.356. The summed E-state index contributed by atoms with van der Waals surface area (Å²) in [6.45, 7) is -2.13. The fourth-order valence-corrected chi connectivity index (χ4v) is 3.76. The lowest BCUT2D eigenvalue weighted by atomic mass is 9.96. The predicted octanol–water partition coefficient (Wildman–Crippen LogP) is 6.44. The summed E-state index contributed by atoms with van der Waals surface area (Å²) in [7, 11) is 0. The zero-order valence-electron chi connectivity index (χ0n) is 17.0. The van der Waals surface area contributed by atoms with Crippen molar-refractivity contribution in [2.75, 3.05) is 19.0 Å². The standard InChI is InChI=1S/C25H21F3O3S/c26-17-25(27,28)20-8-6-19(7-9-20)23(18-4-2-1-3-5-18)14-15-32-22-12-10-21(11-13-22)31-16-24(29)30/h1-14H,15-17H2,(H,29,30)/b23-14-. The fraction of sp³-hybridized carbons (Fsp3) is 0.160. The Morgan fingerprint density at radius 3 is 2.16 bits per heavy atom. The van der Waals surface area contributed by atoms with Gasteiger partial charge >= 0.3 is 11.9 Å². The van der Waals surface area contributed by atoms with Crippen molar-refractivity contribution in [3.8, 4) is 5.75 Å². The van der Waals surface area contributed by atoms with Crippen LogP contribution in [0, 0.1) is 0 Å². The molecule has 0 unspecified atom stereocenters. The lowest BCUT2D eigenvalue weighted by Gasteiger charge is -2.14. The van der Waals surface area contributed by atoms with E-state index in [-0.39, 0.29) is 5.56 Å². The van der Waals surface area contributed by atoms with E-state index in [0.29, 0.717) is 11.5 Å². The van der Waals surface area contributed by atoms with Gasteiger partial charge < -0.3 is 9.84 Å². The van der Waals surface area contributed by atoms with Crippen LogP contribution in [0.25, 0.3) is 5.57 Å². The van der Waals surface area contributed by atoms with Gasteiger partial charge in [0, 0.05) is 16.2 Å². The maximum absolute atomic E-state index is 13.6. The van der Waals surface area contributed by atoms with Gasteiger partial charge in [0.1, 0.15) is 5.75 Å². The third kappa shape index (κ3) is 6.40. The molecule has 3 rings (SSSR count). The number of ether oxygens (including phenoxy) is 1. The normalized spacial score (nSPS) is 11.9. The molecule has 1 N–H and O–H groups in total. The molecular formula is C25H21F3O3S. The number of alkyl halides is 3. The Bertz CT molecular complexity index is 1050.